The van der Waals surface area contributed by atoms with Gasteiger partial charge < -0.3 is 14.2 Å². The molecule has 1 saturated heterocycles. The van der Waals surface area contributed by atoms with Gasteiger partial charge in [-0.2, -0.15) is 5.21 Å². The molecule has 234 valence electrons. The molecule has 3 heterocycles. The minimum atomic E-state index is -0.458. The van der Waals surface area contributed by atoms with Gasteiger partial charge >= 0.3 is 0 Å². The van der Waals surface area contributed by atoms with Gasteiger partial charge in [0.15, 0.2) is 6.10 Å². The lowest BCUT2D eigenvalue weighted by molar-refractivity contribution is 0.233. The molecule has 1 aliphatic rings. The van der Waals surface area contributed by atoms with Crippen molar-refractivity contribution in [2.45, 2.75) is 51.8 Å². The third-order valence-corrected chi connectivity index (χ3v) is 8.67. The number of rotatable bonds is 12. The summed E-state index contributed by atoms with van der Waals surface area (Å²) in [7, 11) is 0. The topological polar surface area (TPSA) is 88.0 Å². The van der Waals surface area contributed by atoms with Crippen molar-refractivity contribution in [3.05, 3.63) is 131 Å². The minimum Gasteiger partial charge on any atom is -0.478 e. The van der Waals surface area contributed by atoms with Crippen LogP contribution in [0.25, 0.3) is 11.0 Å². The Morgan fingerprint density at radius 2 is 1.63 bits per heavy atom. The molecule has 6 aromatic rings. The standard InChI is InChI=1S/C37H40N8O/c1-2-3-15-35-38-33-21-18-31(44-23-10-22-43(27-44)25-28-11-6-4-7-12-28)24-34(33)45(35)26-29-16-19-32(20-17-29)46-36(37-39-41-42-40-37)30-13-8-5-9-14-30/h4-9,11-14,16-21,24,36H,2-3,10,15,22-23,25-27H2,1H3,(H,39,40,41,42). The van der Waals surface area contributed by atoms with Crippen LogP contribution in [0.4, 0.5) is 5.69 Å². The minimum absolute atomic E-state index is 0.458. The van der Waals surface area contributed by atoms with Crippen LogP contribution in [-0.2, 0) is 19.5 Å². The van der Waals surface area contributed by atoms with Crippen molar-refractivity contribution < 1.29 is 4.74 Å². The Bertz CT molecular complexity index is 1820. The maximum absolute atomic E-state index is 6.40. The fourth-order valence-corrected chi connectivity index (χ4v) is 6.28. The number of hydrogen-bond acceptors (Lipinski definition) is 7. The van der Waals surface area contributed by atoms with Crippen molar-refractivity contribution in [3.8, 4) is 5.75 Å². The number of aryl methyl sites for hydroxylation is 1. The number of benzene rings is 4. The maximum atomic E-state index is 6.40. The molecule has 1 N–H and O–H groups in total. The zero-order valence-corrected chi connectivity index (χ0v) is 26.3. The van der Waals surface area contributed by atoms with E-state index in [0.717, 1.165) is 81.2 Å². The molecule has 0 spiro atoms. The first-order valence-corrected chi connectivity index (χ1v) is 16.3. The number of nitrogens with one attached hydrogen (secondary N) is 1. The Morgan fingerprint density at radius 1 is 0.848 bits per heavy atom. The van der Waals surface area contributed by atoms with Crippen LogP contribution in [-0.4, -0.2) is 54.8 Å². The van der Waals surface area contributed by atoms with Gasteiger partial charge in [0.2, 0.25) is 5.82 Å². The fraction of sp³-hybridized carbons (Fsp3) is 0.297. The van der Waals surface area contributed by atoms with E-state index in [1.165, 1.54) is 22.3 Å². The molecule has 46 heavy (non-hydrogen) atoms. The summed E-state index contributed by atoms with van der Waals surface area (Å²) in [6, 6.07) is 35.9. The van der Waals surface area contributed by atoms with Gasteiger partial charge in [-0.25, -0.2) is 4.98 Å². The predicted octanol–water partition coefficient (Wildman–Crippen LogP) is 6.78. The molecule has 9 nitrogen and oxygen atoms in total. The number of H-pyrrole nitrogens is 1. The first kappa shape index (κ1) is 29.7. The van der Waals surface area contributed by atoms with Crippen LogP contribution < -0.4 is 9.64 Å². The number of anilines is 1. The van der Waals surface area contributed by atoms with Crippen LogP contribution in [0, 0.1) is 0 Å². The zero-order valence-electron chi connectivity index (χ0n) is 26.3. The summed E-state index contributed by atoms with van der Waals surface area (Å²) < 4.78 is 8.80. The molecule has 0 aliphatic carbocycles. The molecule has 1 atom stereocenters. The summed E-state index contributed by atoms with van der Waals surface area (Å²) in [6.07, 6.45) is 3.90. The molecule has 0 amide bonds. The van der Waals surface area contributed by atoms with Gasteiger partial charge in [0, 0.05) is 43.9 Å². The number of hydrogen-bond donors (Lipinski definition) is 1. The Labute approximate surface area is 269 Å². The van der Waals surface area contributed by atoms with E-state index in [1.54, 1.807) is 0 Å². The van der Waals surface area contributed by atoms with Crippen molar-refractivity contribution >= 4 is 16.7 Å². The maximum Gasteiger partial charge on any atom is 0.219 e. The molecule has 2 aromatic heterocycles. The molecule has 1 unspecified atom stereocenters. The van der Waals surface area contributed by atoms with E-state index < -0.39 is 6.10 Å². The number of ether oxygens (including phenoxy) is 1. The molecule has 7 rings (SSSR count). The highest BCUT2D eigenvalue weighted by Gasteiger charge is 2.22. The molecule has 1 fully saturated rings. The smallest absolute Gasteiger partial charge is 0.219 e. The lowest BCUT2D eigenvalue weighted by atomic mass is 10.1. The summed E-state index contributed by atoms with van der Waals surface area (Å²) in [5, 5.41) is 14.7. The molecule has 0 bridgehead atoms. The Kier molecular flexibility index (Phi) is 9.00. The Hall–Kier alpha value is -5.02. The van der Waals surface area contributed by atoms with Crippen LogP contribution in [0.5, 0.6) is 5.75 Å². The molecular weight excluding hydrogens is 572 g/mol. The highest BCUT2D eigenvalue weighted by molar-refractivity contribution is 5.80. The quantitative estimate of drug-likeness (QED) is 0.163. The van der Waals surface area contributed by atoms with E-state index in [4.69, 9.17) is 9.72 Å². The second-order valence-electron chi connectivity index (χ2n) is 12.0. The van der Waals surface area contributed by atoms with Crippen LogP contribution in [0.15, 0.2) is 103 Å². The van der Waals surface area contributed by atoms with Gasteiger partial charge in [0.1, 0.15) is 11.6 Å². The lowest BCUT2D eigenvalue weighted by Gasteiger charge is -2.37. The van der Waals surface area contributed by atoms with Crippen molar-refractivity contribution in [2.24, 2.45) is 0 Å². The SMILES string of the molecule is CCCCc1nc2ccc(N3CCCN(Cc4ccccc4)C3)cc2n1Cc1ccc(OC(c2ccccc2)c2nn[nH]n2)cc1. The molecule has 9 heteroatoms. The number of tetrazole rings is 1. The Balaban J connectivity index is 1.12. The van der Waals surface area contributed by atoms with Gasteiger partial charge in [0.05, 0.1) is 17.7 Å². The molecule has 1 aliphatic heterocycles. The van der Waals surface area contributed by atoms with Gasteiger partial charge in [0.25, 0.3) is 0 Å². The highest BCUT2D eigenvalue weighted by Crippen LogP contribution is 2.29. The third-order valence-electron chi connectivity index (χ3n) is 8.67. The van der Waals surface area contributed by atoms with E-state index >= 15 is 0 Å². The third kappa shape index (κ3) is 6.79. The molecule has 0 saturated carbocycles. The average molecular weight is 613 g/mol. The number of aromatic nitrogens is 6. The number of aromatic amines is 1. The fourth-order valence-electron chi connectivity index (χ4n) is 6.28. The van der Waals surface area contributed by atoms with Crippen molar-refractivity contribution in [2.75, 3.05) is 24.7 Å². The summed E-state index contributed by atoms with van der Waals surface area (Å²) in [5.74, 6) is 2.38. The van der Waals surface area contributed by atoms with Gasteiger partial charge in [-0.15, -0.1) is 10.2 Å². The summed E-state index contributed by atoms with van der Waals surface area (Å²) in [4.78, 5) is 10.2. The van der Waals surface area contributed by atoms with Crippen LogP contribution in [0.1, 0.15) is 60.6 Å². The predicted molar refractivity (Wildman–Crippen MR) is 181 cm³/mol. The normalized spacial score (nSPS) is 14.5. The monoisotopic (exact) mass is 612 g/mol. The largest absolute Gasteiger partial charge is 0.478 e. The van der Waals surface area contributed by atoms with Crippen LogP contribution in [0.3, 0.4) is 0 Å². The second kappa shape index (κ2) is 14.0. The van der Waals surface area contributed by atoms with Crippen LogP contribution in [0.2, 0.25) is 0 Å². The Morgan fingerprint density at radius 3 is 2.39 bits per heavy atom. The zero-order chi connectivity index (χ0) is 31.1. The van der Waals surface area contributed by atoms with Gasteiger partial charge in [-0.3, -0.25) is 4.90 Å². The van der Waals surface area contributed by atoms with Crippen molar-refractivity contribution in [1.82, 2.24) is 35.1 Å². The number of nitrogens with zero attached hydrogens (tertiary/aromatic N) is 7. The first-order valence-electron chi connectivity index (χ1n) is 16.3. The summed E-state index contributed by atoms with van der Waals surface area (Å²) in [6.45, 7) is 7.05. The summed E-state index contributed by atoms with van der Waals surface area (Å²) in [5.41, 5.74) is 7.01. The summed E-state index contributed by atoms with van der Waals surface area (Å²) >= 11 is 0. The van der Waals surface area contributed by atoms with E-state index in [2.05, 4.69) is 103 Å². The molecule has 0 radical (unpaired) electrons. The van der Waals surface area contributed by atoms with E-state index in [-0.39, 0.29) is 0 Å². The number of imidazole rings is 1. The number of unbranched alkanes of at least 4 members (excludes halogenated alkanes) is 1. The van der Waals surface area contributed by atoms with Gasteiger partial charge in [-0.05, 0) is 54.3 Å². The molecule has 4 aromatic carbocycles. The number of fused-ring (bicyclic) bond motifs is 1. The second-order valence-corrected chi connectivity index (χ2v) is 12.0. The van der Waals surface area contributed by atoms with Crippen molar-refractivity contribution in [3.63, 3.8) is 0 Å². The highest BCUT2D eigenvalue weighted by atomic mass is 16.5. The molecular formula is C37H40N8O. The van der Waals surface area contributed by atoms with E-state index in [9.17, 15) is 0 Å². The van der Waals surface area contributed by atoms with Gasteiger partial charge in [-0.1, -0.05) is 91.4 Å². The van der Waals surface area contributed by atoms with Crippen LogP contribution >= 0.6 is 0 Å². The van der Waals surface area contributed by atoms with Crippen molar-refractivity contribution in [1.29, 1.82) is 0 Å². The van der Waals surface area contributed by atoms with E-state index in [1.807, 2.05) is 42.5 Å². The first-order chi connectivity index (χ1) is 22.7. The average Bonchev–Trinajstić information content (AvgIpc) is 3.76. The van der Waals surface area contributed by atoms with E-state index in [0.29, 0.717) is 5.82 Å². The lowest BCUT2D eigenvalue weighted by Crippen LogP contribution is -2.44.